The monoisotopic (exact) mass is 1040 g/mol. The van der Waals surface area contributed by atoms with Gasteiger partial charge >= 0.3 is 0 Å². The molecule has 0 aromatic heterocycles. The Morgan fingerprint density at radius 2 is 0.945 bits per heavy atom. The van der Waals surface area contributed by atoms with E-state index in [1.165, 1.54) is 96.3 Å². The highest BCUT2D eigenvalue weighted by Gasteiger charge is 2.63. The molecular formula is C65H112O7S. The largest absolute Gasteiger partial charge is 0.400 e. The van der Waals surface area contributed by atoms with Crippen LogP contribution in [0.3, 0.4) is 0 Å². The summed E-state index contributed by atoms with van der Waals surface area (Å²) < 4.78 is 27.8. The maximum Gasteiger partial charge on any atom is 0.181 e. The quantitative estimate of drug-likeness (QED) is 0.125. The molecule has 7 nitrogen and oxygen atoms in total. The van der Waals surface area contributed by atoms with Crippen LogP contribution in [0.1, 0.15) is 231 Å². The van der Waals surface area contributed by atoms with Crippen molar-refractivity contribution in [1.29, 1.82) is 0 Å². The molecule has 0 saturated heterocycles. The molecule has 0 heterocycles. The third-order valence-electron chi connectivity index (χ3n) is 24.8. The second-order valence-corrected chi connectivity index (χ2v) is 31.9. The van der Waals surface area contributed by atoms with E-state index in [1.807, 2.05) is 26.8 Å². The van der Waals surface area contributed by atoms with Gasteiger partial charge in [-0.2, -0.15) is 0 Å². The summed E-state index contributed by atoms with van der Waals surface area (Å²) in [4.78, 5) is 0.385. The van der Waals surface area contributed by atoms with Crippen LogP contribution in [0.2, 0.25) is 0 Å². The van der Waals surface area contributed by atoms with Crippen LogP contribution < -0.4 is 0 Å². The van der Waals surface area contributed by atoms with Gasteiger partial charge in [-0.15, -0.1) is 0 Å². The molecule has 0 amide bonds. The molecule has 1 aromatic carbocycles. The van der Waals surface area contributed by atoms with E-state index in [0.717, 1.165) is 98.9 Å². The van der Waals surface area contributed by atoms with Crippen LogP contribution >= 0.6 is 0 Å². The van der Waals surface area contributed by atoms with Gasteiger partial charge in [-0.05, 0) is 265 Å². The van der Waals surface area contributed by atoms with Gasteiger partial charge in [0.25, 0.3) is 0 Å². The average Bonchev–Trinajstić information content (AvgIpc) is 3.89. The Bertz CT molecular complexity index is 2030. The van der Waals surface area contributed by atoms with E-state index in [2.05, 4.69) is 62.3 Å². The van der Waals surface area contributed by atoms with Crippen molar-refractivity contribution in [1.82, 2.24) is 0 Å². The van der Waals surface area contributed by atoms with Crippen LogP contribution in [-0.2, 0) is 9.84 Å². The number of hydrogen-bond acceptors (Lipinski definition) is 7. The van der Waals surface area contributed by atoms with E-state index in [-0.39, 0.29) is 17.4 Å². The van der Waals surface area contributed by atoms with Crippen LogP contribution in [-0.4, -0.2) is 69.7 Å². The van der Waals surface area contributed by atoms with Crippen LogP contribution in [0.5, 0.6) is 0 Å². The molecule has 8 aliphatic rings. The molecule has 9 rings (SSSR count). The SMILES string of the molecule is CC(C)[C@H](O)CC(C[C@@H](C)[C@H]1CC[C@H]2[C@@H]3CC[C@H]4C[C@@](C)(O)CC[C@]4(C)[C@H]3CC[C@]12C)S(=O)(=O)c1ccccc1.CC(C)[C@H](O)CCC[C@@H](C)[C@H]1CC[C@H]2[C@@H]3CC[C@H]4C[C@@](C)(O)CC[C@]4(C)[C@H]3CC[C@]12C.CO. The molecule has 21 atom stereocenters. The fourth-order valence-corrected chi connectivity index (χ4v) is 22.2. The van der Waals surface area contributed by atoms with E-state index < -0.39 is 32.4 Å². The summed E-state index contributed by atoms with van der Waals surface area (Å²) in [5.74, 6) is 9.34. The molecule has 8 fully saturated rings. The third kappa shape index (κ3) is 11.8. The van der Waals surface area contributed by atoms with Crippen molar-refractivity contribution in [3.63, 3.8) is 0 Å². The summed E-state index contributed by atoms with van der Waals surface area (Å²) in [7, 11) is -2.53. The number of aliphatic hydroxyl groups is 5. The Morgan fingerprint density at radius 1 is 0.507 bits per heavy atom. The van der Waals surface area contributed by atoms with Crippen molar-refractivity contribution in [3.8, 4) is 0 Å². The van der Waals surface area contributed by atoms with Gasteiger partial charge in [0.15, 0.2) is 9.84 Å². The number of sulfone groups is 1. The molecule has 0 radical (unpaired) electrons. The Balaban J connectivity index is 0.000000213. The zero-order valence-electron chi connectivity index (χ0n) is 48.9. The summed E-state index contributed by atoms with van der Waals surface area (Å²) in [5, 5.41) is 49.0. The maximum atomic E-state index is 13.9. The molecule has 73 heavy (non-hydrogen) atoms. The first-order valence-corrected chi connectivity index (χ1v) is 32.3. The molecule has 420 valence electrons. The first-order valence-electron chi connectivity index (χ1n) is 30.7. The second kappa shape index (κ2) is 23.0. The minimum Gasteiger partial charge on any atom is -0.400 e. The Kier molecular flexibility index (Phi) is 18.8. The molecule has 0 spiro atoms. The topological polar surface area (TPSA) is 135 Å². The molecule has 8 heteroatoms. The van der Waals surface area contributed by atoms with Gasteiger partial charge in [0, 0.05) is 7.11 Å². The molecule has 5 N–H and O–H groups in total. The third-order valence-corrected chi connectivity index (χ3v) is 27.0. The Hall–Kier alpha value is -1.03. The summed E-state index contributed by atoms with van der Waals surface area (Å²) >= 11 is 0. The summed E-state index contributed by atoms with van der Waals surface area (Å²) in [6.07, 6.45) is 26.1. The van der Waals surface area contributed by atoms with Crippen molar-refractivity contribution in [2.75, 3.05) is 7.11 Å². The maximum absolute atomic E-state index is 13.9. The minimum atomic E-state index is -3.53. The van der Waals surface area contributed by atoms with E-state index in [1.54, 1.807) is 24.3 Å². The van der Waals surface area contributed by atoms with E-state index in [9.17, 15) is 28.8 Å². The predicted octanol–water partition coefficient (Wildman–Crippen LogP) is 14.5. The lowest BCUT2D eigenvalue weighted by Crippen LogP contribution is -2.55. The lowest BCUT2D eigenvalue weighted by Gasteiger charge is -2.62. The first-order chi connectivity index (χ1) is 34.2. The van der Waals surface area contributed by atoms with Gasteiger partial charge < -0.3 is 25.5 Å². The molecule has 0 bridgehead atoms. The van der Waals surface area contributed by atoms with E-state index in [4.69, 9.17) is 5.11 Å². The van der Waals surface area contributed by atoms with Gasteiger partial charge in [-0.1, -0.05) is 100 Å². The molecule has 8 saturated carbocycles. The lowest BCUT2D eigenvalue weighted by atomic mass is 9.43. The summed E-state index contributed by atoms with van der Waals surface area (Å²) in [5.41, 5.74) is 0.731. The fourth-order valence-electron chi connectivity index (χ4n) is 20.3. The van der Waals surface area contributed by atoms with Gasteiger partial charge in [0.1, 0.15) is 0 Å². The van der Waals surface area contributed by atoms with E-state index in [0.29, 0.717) is 57.7 Å². The fraction of sp³-hybridized carbons (Fsp3) is 0.908. The highest BCUT2D eigenvalue weighted by molar-refractivity contribution is 7.92. The van der Waals surface area contributed by atoms with Crippen molar-refractivity contribution in [2.24, 2.45) is 105 Å². The van der Waals surface area contributed by atoms with Crippen LogP contribution in [0.25, 0.3) is 0 Å². The molecule has 8 aliphatic carbocycles. The number of hydrogen-bond donors (Lipinski definition) is 5. The zero-order valence-corrected chi connectivity index (χ0v) is 49.7. The van der Waals surface area contributed by atoms with Gasteiger partial charge in [0.2, 0.25) is 0 Å². The van der Waals surface area contributed by atoms with Crippen molar-refractivity contribution >= 4 is 9.84 Å². The van der Waals surface area contributed by atoms with Crippen molar-refractivity contribution < 1.29 is 34.0 Å². The Labute approximate surface area is 448 Å². The van der Waals surface area contributed by atoms with Gasteiger partial charge in [-0.25, -0.2) is 8.42 Å². The predicted molar refractivity (Wildman–Crippen MR) is 300 cm³/mol. The standard InChI is InChI=1S/C35H56O4S.C29H52O2.CH4O/c1-23(2)32(36)21-27(40(38,39)26-10-8-7-9-11-26)20-24(3)29-14-15-30-28-13-12-25-22-33(4,37)18-19-34(25,5)31(28)16-17-35(29,30)6;1-19(2)26(30)9-7-8-20(3)23-12-13-24-22-11-10-21-18-27(4,31)16-17-28(21,5)25(22)14-15-29(23,24)6;1-2/h7-11,23-25,27-32,36-37H,12-22H2,1-6H3;19-26,30-31H,7-18H2,1-6H3;2H,1H3/t24-,25+,27?,28+,29-,30+,31+,32-,33+,34+,35-;20-,21+,22+,23-,24+,25+,26-,27+,28+,29-;/m11./s1. The minimum absolute atomic E-state index is 0.0346. The Morgan fingerprint density at radius 3 is 1.40 bits per heavy atom. The van der Waals surface area contributed by atoms with Gasteiger partial charge in [-0.3, -0.25) is 0 Å². The number of fused-ring (bicyclic) bond motifs is 10. The highest BCUT2D eigenvalue weighted by Crippen LogP contribution is 2.71. The van der Waals surface area contributed by atoms with Crippen LogP contribution in [0, 0.1) is 105 Å². The molecule has 1 aromatic rings. The summed E-state index contributed by atoms with van der Waals surface area (Å²) in [6, 6.07) is 8.89. The van der Waals surface area contributed by atoms with Crippen LogP contribution in [0.4, 0.5) is 0 Å². The highest BCUT2D eigenvalue weighted by atomic mass is 32.2. The number of rotatable bonds is 14. The summed E-state index contributed by atoms with van der Waals surface area (Å²) in [6.45, 7) is 27.6. The smallest absolute Gasteiger partial charge is 0.181 e. The number of aliphatic hydroxyl groups excluding tert-OH is 3. The second-order valence-electron chi connectivity index (χ2n) is 29.6. The van der Waals surface area contributed by atoms with E-state index >= 15 is 0 Å². The normalized spacial score (nSPS) is 44.0. The van der Waals surface area contributed by atoms with Crippen LogP contribution in [0.15, 0.2) is 35.2 Å². The number of benzene rings is 1. The van der Waals surface area contributed by atoms with Gasteiger partial charge in [0.05, 0.1) is 33.6 Å². The molecule has 0 aliphatic heterocycles. The lowest BCUT2D eigenvalue weighted by molar-refractivity contribution is -0.148. The average molecular weight is 1040 g/mol. The zero-order chi connectivity index (χ0) is 53.7. The first kappa shape index (κ1) is 59.6. The molecule has 1 unspecified atom stereocenters. The molecular weight excluding hydrogens is 925 g/mol. The van der Waals surface area contributed by atoms with Crippen molar-refractivity contribution in [2.45, 2.75) is 264 Å². The van der Waals surface area contributed by atoms with Crippen molar-refractivity contribution in [3.05, 3.63) is 30.3 Å².